The zero-order valence-corrected chi connectivity index (χ0v) is 15.5. The van der Waals surface area contributed by atoms with Crippen LogP contribution in [0.25, 0.3) is 0 Å². The first-order valence-corrected chi connectivity index (χ1v) is 9.42. The lowest BCUT2D eigenvalue weighted by atomic mass is 10.1. The maximum Gasteiger partial charge on any atom is 0.254 e. The van der Waals surface area contributed by atoms with Crippen LogP contribution in [0, 0.1) is 13.8 Å². The zero-order valence-electron chi connectivity index (χ0n) is 15.5. The van der Waals surface area contributed by atoms with E-state index in [9.17, 15) is 4.79 Å². The second-order valence-electron chi connectivity index (χ2n) is 7.34. The van der Waals surface area contributed by atoms with E-state index in [1.807, 2.05) is 36.9 Å². The average Bonchev–Trinajstić information content (AvgIpc) is 3.32. The van der Waals surface area contributed by atoms with Crippen LogP contribution in [0.5, 0.6) is 0 Å². The molecule has 4 heterocycles. The summed E-state index contributed by atoms with van der Waals surface area (Å²) in [6.45, 7) is 7.48. The fraction of sp³-hybridized carbons (Fsp3) is 0.500. The Balaban J connectivity index is 1.48. The van der Waals surface area contributed by atoms with Crippen molar-refractivity contribution in [1.82, 2.24) is 19.9 Å². The standard InChI is InChI=1S/C20H25N5O/c1-14-11-15(2)23-19(22-14)17-6-10-25(13-17)20(26)16-5-7-21-18(12-16)24-8-3-4-9-24/h5,7,11-12,17H,3-4,6,8-10,13H2,1-2H3/t17-/m1/s1. The number of carbonyl (C=O) groups excluding carboxylic acids is 1. The van der Waals surface area contributed by atoms with Crippen LogP contribution in [-0.4, -0.2) is 51.9 Å². The molecule has 0 unspecified atom stereocenters. The minimum absolute atomic E-state index is 0.0831. The van der Waals surface area contributed by atoms with E-state index in [2.05, 4.69) is 19.9 Å². The number of likely N-dealkylation sites (tertiary alicyclic amines) is 1. The molecular weight excluding hydrogens is 326 g/mol. The van der Waals surface area contributed by atoms with E-state index in [1.165, 1.54) is 12.8 Å². The van der Waals surface area contributed by atoms with Crippen molar-refractivity contribution in [3.05, 3.63) is 47.2 Å². The largest absolute Gasteiger partial charge is 0.357 e. The van der Waals surface area contributed by atoms with Gasteiger partial charge in [-0.05, 0) is 51.3 Å². The Labute approximate surface area is 154 Å². The molecule has 0 aliphatic carbocycles. The van der Waals surface area contributed by atoms with Gasteiger partial charge in [0.2, 0.25) is 0 Å². The molecule has 2 aliphatic heterocycles. The Morgan fingerprint density at radius 3 is 2.54 bits per heavy atom. The number of nitrogens with zero attached hydrogens (tertiary/aromatic N) is 5. The highest BCUT2D eigenvalue weighted by atomic mass is 16.2. The van der Waals surface area contributed by atoms with Crippen LogP contribution >= 0.6 is 0 Å². The van der Waals surface area contributed by atoms with Gasteiger partial charge in [0.1, 0.15) is 11.6 Å². The molecule has 0 N–H and O–H groups in total. The molecule has 136 valence electrons. The Bertz CT molecular complexity index is 795. The summed E-state index contributed by atoms with van der Waals surface area (Å²) in [4.78, 5) is 30.8. The van der Waals surface area contributed by atoms with Gasteiger partial charge in [-0.2, -0.15) is 0 Å². The van der Waals surface area contributed by atoms with Crippen molar-refractivity contribution in [3.63, 3.8) is 0 Å². The van der Waals surface area contributed by atoms with Gasteiger partial charge in [-0.1, -0.05) is 0 Å². The summed E-state index contributed by atoms with van der Waals surface area (Å²) in [5, 5.41) is 0. The Morgan fingerprint density at radius 1 is 1.08 bits per heavy atom. The normalized spacial score (nSPS) is 20.0. The van der Waals surface area contributed by atoms with Crippen LogP contribution < -0.4 is 4.90 Å². The molecule has 4 rings (SSSR count). The van der Waals surface area contributed by atoms with Crippen LogP contribution in [0.1, 0.15) is 52.8 Å². The van der Waals surface area contributed by atoms with E-state index in [1.54, 1.807) is 6.20 Å². The van der Waals surface area contributed by atoms with E-state index >= 15 is 0 Å². The third-order valence-electron chi connectivity index (χ3n) is 5.26. The second kappa shape index (κ2) is 7.02. The summed E-state index contributed by atoms with van der Waals surface area (Å²) in [6, 6.07) is 5.75. The van der Waals surface area contributed by atoms with Crippen molar-refractivity contribution < 1.29 is 4.79 Å². The number of hydrogen-bond donors (Lipinski definition) is 0. The lowest BCUT2D eigenvalue weighted by Gasteiger charge is -2.19. The van der Waals surface area contributed by atoms with Gasteiger partial charge >= 0.3 is 0 Å². The van der Waals surface area contributed by atoms with E-state index in [-0.39, 0.29) is 11.8 Å². The van der Waals surface area contributed by atoms with Gasteiger partial charge in [0.25, 0.3) is 5.91 Å². The first kappa shape index (κ1) is 16.9. The predicted molar refractivity (Wildman–Crippen MR) is 100 cm³/mol. The van der Waals surface area contributed by atoms with Crippen molar-refractivity contribution in [2.24, 2.45) is 0 Å². The number of pyridine rings is 1. The molecule has 26 heavy (non-hydrogen) atoms. The summed E-state index contributed by atoms with van der Waals surface area (Å²) < 4.78 is 0. The Hall–Kier alpha value is -2.50. The minimum Gasteiger partial charge on any atom is -0.357 e. The predicted octanol–water partition coefficient (Wildman–Crippen LogP) is 2.72. The average molecular weight is 351 g/mol. The number of aromatic nitrogens is 3. The Morgan fingerprint density at radius 2 is 1.81 bits per heavy atom. The minimum atomic E-state index is 0.0831. The molecule has 6 heteroatoms. The number of anilines is 1. The highest BCUT2D eigenvalue weighted by Crippen LogP contribution is 2.27. The number of aryl methyl sites for hydroxylation is 2. The molecule has 2 saturated heterocycles. The fourth-order valence-corrected chi connectivity index (χ4v) is 3.94. The number of amides is 1. The van der Waals surface area contributed by atoms with Crippen molar-refractivity contribution >= 4 is 11.7 Å². The third kappa shape index (κ3) is 3.41. The van der Waals surface area contributed by atoms with Crippen LogP contribution in [0.15, 0.2) is 24.4 Å². The maximum absolute atomic E-state index is 13.0. The van der Waals surface area contributed by atoms with Crippen molar-refractivity contribution in [2.45, 2.75) is 39.0 Å². The molecule has 0 bridgehead atoms. The van der Waals surface area contributed by atoms with E-state index in [4.69, 9.17) is 0 Å². The monoisotopic (exact) mass is 351 g/mol. The van der Waals surface area contributed by atoms with Crippen molar-refractivity contribution in [2.75, 3.05) is 31.1 Å². The van der Waals surface area contributed by atoms with Gasteiger partial charge in [0.05, 0.1) is 0 Å². The molecule has 0 saturated carbocycles. The van der Waals surface area contributed by atoms with Gasteiger partial charge in [0, 0.05) is 55.2 Å². The van der Waals surface area contributed by atoms with Crippen LogP contribution in [0.3, 0.4) is 0 Å². The van der Waals surface area contributed by atoms with Gasteiger partial charge in [0.15, 0.2) is 0 Å². The van der Waals surface area contributed by atoms with Gasteiger partial charge in [-0.25, -0.2) is 15.0 Å². The van der Waals surface area contributed by atoms with Crippen LogP contribution in [-0.2, 0) is 0 Å². The quantitative estimate of drug-likeness (QED) is 0.851. The fourth-order valence-electron chi connectivity index (χ4n) is 3.94. The summed E-state index contributed by atoms with van der Waals surface area (Å²) in [5.74, 6) is 2.09. The lowest BCUT2D eigenvalue weighted by molar-refractivity contribution is 0.0790. The van der Waals surface area contributed by atoms with E-state index in [0.717, 1.165) is 54.6 Å². The highest BCUT2D eigenvalue weighted by molar-refractivity contribution is 5.95. The lowest BCUT2D eigenvalue weighted by Crippen LogP contribution is -2.29. The van der Waals surface area contributed by atoms with E-state index in [0.29, 0.717) is 6.54 Å². The number of rotatable bonds is 3. The zero-order chi connectivity index (χ0) is 18.1. The molecule has 2 fully saturated rings. The highest BCUT2D eigenvalue weighted by Gasteiger charge is 2.30. The molecule has 0 radical (unpaired) electrons. The van der Waals surface area contributed by atoms with Gasteiger partial charge in [-0.3, -0.25) is 4.79 Å². The van der Waals surface area contributed by atoms with Crippen molar-refractivity contribution in [1.29, 1.82) is 0 Å². The summed E-state index contributed by atoms with van der Waals surface area (Å²) in [7, 11) is 0. The molecule has 0 aromatic carbocycles. The molecule has 0 spiro atoms. The van der Waals surface area contributed by atoms with Crippen molar-refractivity contribution in [3.8, 4) is 0 Å². The van der Waals surface area contributed by atoms with Gasteiger partial charge in [-0.15, -0.1) is 0 Å². The molecule has 1 amide bonds. The van der Waals surface area contributed by atoms with Crippen LogP contribution in [0.4, 0.5) is 5.82 Å². The summed E-state index contributed by atoms with van der Waals surface area (Å²) >= 11 is 0. The molecule has 2 aliphatic rings. The Kier molecular flexibility index (Phi) is 4.57. The smallest absolute Gasteiger partial charge is 0.254 e. The summed E-state index contributed by atoms with van der Waals surface area (Å²) in [6.07, 6.45) is 5.06. The third-order valence-corrected chi connectivity index (χ3v) is 5.26. The first-order valence-electron chi connectivity index (χ1n) is 9.42. The van der Waals surface area contributed by atoms with Crippen LogP contribution in [0.2, 0.25) is 0 Å². The molecule has 2 aromatic heterocycles. The maximum atomic E-state index is 13.0. The molecular formula is C20H25N5O. The number of carbonyl (C=O) groups is 1. The van der Waals surface area contributed by atoms with E-state index < -0.39 is 0 Å². The summed E-state index contributed by atoms with van der Waals surface area (Å²) in [5.41, 5.74) is 2.70. The topological polar surface area (TPSA) is 62.2 Å². The number of hydrogen-bond acceptors (Lipinski definition) is 5. The second-order valence-corrected chi connectivity index (χ2v) is 7.34. The first-order chi connectivity index (χ1) is 12.6. The molecule has 6 nitrogen and oxygen atoms in total. The SMILES string of the molecule is Cc1cc(C)nc([C@@H]2CCN(C(=O)c3ccnc(N4CCCC4)c3)C2)n1. The molecule has 1 atom stereocenters. The van der Waals surface area contributed by atoms with Gasteiger partial charge < -0.3 is 9.80 Å². The molecule has 2 aromatic rings.